The first kappa shape index (κ1) is 6.72. The van der Waals surface area contributed by atoms with Gasteiger partial charge in [-0.15, -0.1) is 11.6 Å². The molecule has 0 heterocycles. The Morgan fingerprint density at radius 3 is 2.43 bits per heavy atom. The summed E-state index contributed by atoms with van der Waals surface area (Å²) in [7, 11) is 0. The van der Waals surface area contributed by atoms with Crippen molar-refractivity contribution in [2.24, 2.45) is 5.84 Å². The number of nitrogens with one attached hydrogen (secondary N) is 1. The van der Waals surface area contributed by atoms with Crippen molar-refractivity contribution in [1.29, 1.82) is 0 Å². The molecular formula is C3H7ClN2O. The molecule has 0 aliphatic rings. The minimum Gasteiger partial charge on any atom is -0.293 e. The molecule has 0 saturated heterocycles. The van der Waals surface area contributed by atoms with Crippen molar-refractivity contribution in [2.45, 2.75) is 12.3 Å². The van der Waals surface area contributed by atoms with Gasteiger partial charge in [-0.25, -0.2) is 5.84 Å². The molecule has 0 spiro atoms. The van der Waals surface area contributed by atoms with Crippen LogP contribution in [0.5, 0.6) is 0 Å². The van der Waals surface area contributed by atoms with Crippen LogP contribution in [0, 0.1) is 0 Å². The van der Waals surface area contributed by atoms with Gasteiger partial charge in [0.15, 0.2) is 0 Å². The summed E-state index contributed by atoms with van der Waals surface area (Å²) in [6, 6.07) is 0. The van der Waals surface area contributed by atoms with E-state index in [4.69, 9.17) is 11.6 Å². The molecule has 0 bridgehead atoms. The molecule has 0 aromatic rings. The summed E-state index contributed by atoms with van der Waals surface area (Å²) in [4.78, 5) is 10.1. The monoisotopic (exact) mass is 122 g/mol. The van der Waals surface area contributed by atoms with Crippen molar-refractivity contribution in [3.8, 4) is 0 Å². The average molecular weight is 123 g/mol. The number of carbonyl (C=O) groups excluding carboxylic acids is 1. The van der Waals surface area contributed by atoms with Gasteiger partial charge in [-0.3, -0.25) is 10.2 Å². The van der Waals surface area contributed by atoms with Gasteiger partial charge in [0.2, 0.25) is 0 Å². The van der Waals surface area contributed by atoms with Crippen molar-refractivity contribution in [3.63, 3.8) is 0 Å². The second kappa shape index (κ2) is 2.82. The largest absolute Gasteiger partial charge is 0.293 e. The number of nitrogens with two attached hydrogens (primary N) is 1. The van der Waals surface area contributed by atoms with Gasteiger partial charge < -0.3 is 0 Å². The maximum absolute atomic E-state index is 10.1. The number of amides is 1. The number of hydrogen-bond acceptors (Lipinski definition) is 2. The molecule has 7 heavy (non-hydrogen) atoms. The summed E-state index contributed by atoms with van der Waals surface area (Å²) >= 11 is 5.24. The second-order valence-corrected chi connectivity index (χ2v) is 1.78. The van der Waals surface area contributed by atoms with Crippen molar-refractivity contribution in [1.82, 2.24) is 5.43 Å². The van der Waals surface area contributed by atoms with Crippen LogP contribution in [0.1, 0.15) is 6.92 Å². The second-order valence-electron chi connectivity index (χ2n) is 1.12. The van der Waals surface area contributed by atoms with Crippen LogP contribution in [-0.2, 0) is 4.79 Å². The van der Waals surface area contributed by atoms with E-state index in [0.29, 0.717) is 0 Å². The molecule has 42 valence electrons. The first-order valence-electron chi connectivity index (χ1n) is 1.83. The number of halogens is 1. The number of alkyl halides is 1. The first-order chi connectivity index (χ1) is 3.18. The molecule has 0 saturated carbocycles. The molecule has 1 atom stereocenters. The lowest BCUT2D eigenvalue weighted by Gasteiger charge is -1.96. The molecule has 0 radical (unpaired) electrons. The summed E-state index contributed by atoms with van der Waals surface area (Å²) in [5.41, 5.74) is 1.89. The number of rotatable bonds is 1. The normalized spacial score (nSPS) is 13.0. The highest BCUT2D eigenvalue weighted by molar-refractivity contribution is 6.30. The van der Waals surface area contributed by atoms with Crippen molar-refractivity contribution < 1.29 is 4.79 Å². The van der Waals surface area contributed by atoms with E-state index < -0.39 is 5.38 Å². The molecule has 1 amide bonds. The van der Waals surface area contributed by atoms with Crippen LogP contribution in [-0.4, -0.2) is 11.3 Å². The van der Waals surface area contributed by atoms with E-state index >= 15 is 0 Å². The molecule has 3 N–H and O–H groups in total. The van der Waals surface area contributed by atoms with E-state index in [2.05, 4.69) is 5.84 Å². The molecule has 0 aromatic heterocycles. The molecule has 0 aliphatic heterocycles. The van der Waals surface area contributed by atoms with E-state index in [9.17, 15) is 4.79 Å². The number of hydrazine groups is 1. The highest BCUT2D eigenvalue weighted by Crippen LogP contribution is 1.89. The molecular weight excluding hydrogens is 115 g/mol. The third-order valence-electron chi connectivity index (χ3n) is 0.504. The number of carbonyl (C=O) groups is 1. The number of hydrogen-bond donors (Lipinski definition) is 2. The highest BCUT2D eigenvalue weighted by Gasteiger charge is 2.03. The van der Waals surface area contributed by atoms with Gasteiger partial charge in [0.05, 0.1) is 0 Å². The summed E-state index contributed by atoms with van der Waals surface area (Å²) in [6.45, 7) is 1.55. The van der Waals surface area contributed by atoms with Gasteiger partial charge >= 0.3 is 0 Å². The Morgan fingerprint density at radius 1 is 2.00 bits per heavy atom. The van der Waals surface area contributed by atoms with Gasteiger partial charge in [-0.1, -0.05) is 0 Å². The van der Waals surface area contributed by atoms with E-state index in [0.717, 1.165) is 0 Å². The molecule has 0 aromatic carbocycles. The van der Waals surface area contributed by atoms with Crippen LogP contribution < -0.4 is 11.3 Å². The topological polar surface area (TPSA) is 55.1 Å². The first-order valence-corrected chi connectivity index (χ1v) is 2.26. The molecule has 0 aliphatic carbocycles. The van der Waals surface area contributed by atoms with E-state index in [-0.39, 0.29) is 5.91 Å². The molecule has 0 fully saturated rings. The zero-order valence-electron chi connectivity index (χ0n) is 3.94. The maximum atomic E-state index is 10.1. The van der Waals surface area contributed by atoms with Crippen molar-refractivity contribution in [3.05, 3.63) is 0 Å². The van der Waals surface area contributed by atoms with Gasteiger partial charge in [0.1, 0.15) is 5.38 Å². The predicted octanol–water partition coefficient (Wildman–Crippen LogP) is -0.396. The zero-order chi connectivity index (χ0) is 5.86. The summed E-state index contributed by atoms with van der Waals surface area (Å²) < 4.78 is 0. The lowest BCUT2D eigenvalue weighted by molar-refractivity contribution is -0.120. The standard InChI is InChI=1S/C3H7ClN2O/c1-2(4)3(7)6-5/h2H,5H2,1H3,(H,6,7)/t2-/m1/s1. The molecule has 0 unspecified atom stereocenters. The quantitative estimate of drug-likeness (QED) is 0.215. The summed E-state index contributed by atoms with van der Waals surface area (Å²) in [6.07, 6.45) is 0. The Balaban J connectivity index is 3.35. The Bertz CT molecular complexity index is 73.3. The van der Waals surface area contributed by atoms with Gasteiger partial charge in [-0.05, 0) is 6.92 Å². The van der Waals surface area contributed by atoms with Gasteiger partial charge in [-0.2, -0.15) is 0 Å². The van der Waals surface area contributed by atoms with E-state index in [1.807, 2.05) is 5.43 Å². The third kappa shape index (κ3) is 2.42. The fourth-order valence-electron chi connectivity index (χ4n) is 0.115. The SMILES string of the molecule is C[C@@H](Cl)C(=O)NN. The van der Waals surface area contributed by atoms with E-state index in [1.54, 1.807) is 6.92 Å². The van der Waals surface area contributed by atoms with Crippen LogP contribution in [0.2, 0.25) is 0 Å². The van der Waals surface area contributed by atoms with E-state index in [1.165, 1.54) is 0 Å². The highest BCUT2D eigenvalue weighted by atomic mass is 35.5. The Morgan fingerprint density at radius 2 is 2.43 bits per heavy atom. The predicted molar refractivity (Wildman–Crippen MR) is 27.6 cm³/mol. The van der Waals surface area contributed by atoms with Crippen LogP contribution in [0.3, 0.4) is 0 Å². The van der Waals surface area contributed by atoms with Crippen molar-refractivity contribution >= 4 is 17.5 Å². The Kier molecular flexibility index (Phi) is 2.71. The maximum Gasteiger partial charge on any atom is 0.251 e. The smallest absolute Gasteiger partial charge is 0.251 e. The average Bonchev–Trinajstić information content (AvgIpc) is 1.65. The Hall–Kier alpha value is -0.280. The van der Waals surface area contributed by atoms with Crippen molar-refractivity contribution in [2.75, 3.05) is 0 Å². The fraction of sp³-hybridized carbons (Fsp3) is 0.667. The van der Waals surface area contributed by atoms with Crippen LogP contribution in [0.25, 0.3) is 0 Å². The molecule has 0 rings (SSSR count). The lowest BCUT2D eigenvalue weighted by atomic mass is 10.5. The summed E-state index contributed by atoms with van der Waals surface area (Å²) in [5.74, 6) is 4.33. The van der Waals surface area contributed by atoms with Gasteiger partial charge in [0.25, 0.3) is 5.91 Å². The summed E-state index contributed by atoms with van der Waals surface area (Å²) in [5, 5.41) is -0.537. The molecule has 4 heteroatoms. The minimum absolute atomic E-state index is 0.360. The van der Waals surface area contributed by atoms with Crippen LogP contribution in [0.4, 0.5) is 0 Å². The third-order valence-corrected chi connectivity index (χ3v) is 0.702. The lowest BCUT2D eigenvalue weighted by Crippen LogP contribution is -2.35. The van der Waals surface area contributed by atoms with Crippen LogP contribution >= 0.6 is 11.6 Å². The molecule has 3 nitrogen and oxygen atoms in total. The van der Waals surface area contributed by atoms with Gasteiger partial charge in [0, 0.05) is 0 Å². The fourth-order valence-corrected chi connectivity index (χ4v) is 0.178. The minimum atomic E-state index is -0.537. The van der Waals surface area contributed by atoms with Crippen LogP contribution in [0.15, 0.2) is 0 Å². The zero-order valence-corrected chi connectivity index (χ0v) is 4.70. The Labute approximate surface area is 46.8 Å².